The van der Waals surface area contributed by atoms with E-state index in [9.17, 15) is 0 Å². The van der Waals surface area contributed by atoms with E-state index in [0.717, 1.165) is 43.1 Å². The normalized spacial score (nSPS) is 23.1. The number of hydrogen-bond acceptors (Lipinski definition) is 5. The van der Waals surface area contributed by atoms with Crippen molar-refractivity contribution in [2.75, 3.05) is 6.54 Å². The number of nitrogens with zero attached hydrogens (tertiary/aromatic N) is 2. The predicted molar refractivity (Wildman–Crippen MR) is 76.2 cm³/mol. The van der Waals surface area contributed by atoms with E-state index in [1.54, 1.807) is 11.3 Å². The fourth-order valence-corrected chi connectivity index (χ4v) is 3.68. The van der Waals surface area contributed by atoms with E-state index in [1.165, 1.54) is 12.0 Å². The lowest BCUT2D eigenvalue weighted by atomic mass is 9.92. The molecule has 0 aromatic carbocycles. The zero-order chi connectivity index (χ0) is 13.3. The fourth-order valence-electron chi connectivity index (χ4n) is 2.85. The first-order chi connectivity index (χ1) is 9.25. The molecule has 5 heteroatoms. The molecule has 1 N–H and O–H groups in total. The van der Waals surface area contributed by atoms with Crippen molar-refractivity contribution < 1.29 is 4.52 Å². The Morgan fingerprint density at radius 1 is 1.47 bits per heavy atom. The highest BCUT2D eigenvalue weighted by atomic mass is 32.1. The quantitative estimate of drug-likeness (QED) is 0.929. The summed E-state index contributed by atoms with van der Waals surface area (Å²) in [6, 6.07) is 0. The Morgan fingerprint density at radius 2 is 2.37 bits per heavy atom. The molecule has 1 aliphatic rings. The average Bonchev–Trinajstić information content (AvgIpc) is 3.08. The predicted octanol–water partition coefficient (Wildman–Crippen LogP) is 3.49. The van der Waals surface area contributed by atoms with Crippen LogP contribution < -0.4 is 5.32 Å². The van der Waals surface area contributed by atoms with Crippen LogP contribution in [-0.2, 0) is 5.54 Å². The minimum atomic E-state index is -0.0933. The molecule has 0 saturated carbocycles. The molecule has 2 aromatic rings. The highest BCUT2D eigenvalue weighted by Crippen LogP contribution is 2.35. The topological polar surface area (TPSA) is 51.0 Å². The molecule has 1 atom stereocenters. The summed E-state index contributed by atoms with van der Waals surface area (Å²) in [5.41, 5.74) is 2.20. The minimum Gasteiger partial charge on any atom is -0.337 e. The van der Waals surface area contributed by atoms with Gasteiger partial charge in [-0.3, -0.25) is 0 Å². The molecule has 3 heterocycles. The largest absolute Gasteiger partial charge is 0.337 e. The van der Waals surface area contributed by atoms with Gasteiger partial charge in [-0.15, -0.1) is 0 Å². The van der Waals surface area contributed by atoms with Crippen LogP contribution in [0.1, 0.15) is 44.1 Å². The van der Waals surface area contributed by atoms with Crippen molar-refractivity contribution >= 4 is 11.3 Å². The lowest BCUT2D eigenvalue weighted by Gasteiger charge is -2.24. The van der Waals surface area contributed by atoms with Crippen LogP contribution in [-0.4, -0.2) is 16.7 Å². The standard InChI is InChI=1S/C14H19N3OS/c1-3-5-14(6-4-7-15-14)13-16-12(17-18-13)11-9-19-8-10(11)2/h8-9,15H,3-7H2,1-2H3. The Balaban J connectivity index is 1.94. The third kappa shape index (κ3) is 2.21. The summed E-state index contributed by atoms with van der Waals surface area (Å²) in [5.74, 6) is 1.48. The van der Waals surface area contributed by atoms with Crippen LogP contribution in [0, 0.1) is 6.92 Å². The van der Waals surface area contributed by atoms with Gasteiger partial charge in [0.05, 0.1) is 5.54 Å². The second-order valence-electron chi connectivity index (χ2n) is 5.25. The number of nitrogens with one attached hydrogen (secondary N) is 1. The number of rotatable bonds is 4. The maximum atomic E-state index is 5.56. The van der Waals surface area contributed by atoms with Crippen LogP contribution in [0.4, 0.5) is 0 Å². The Kier molecular flexibility index (Phi) is 3.41. The zero-order valence-corrected chi connectivity index (χ0v) is 12.2. The molecule has 1 unspecified atom stereocenters. The number of hydrogen-bond donors (Lipinski definition) is 1. The third-order valence-corrected chi connectivity index (χ3v) is 4.71. The van der Waals surface area contributed by atoms with Crippen molar-refractivity contribution in [3.8, 4) is 11.4 Å². The third-order valence-electron chi connectivity index (χ3n) is 3.85. The Labute approximate surface area is 117 Å². The van der Waals surface area contributed by atoms with Gasteiger partial charge >= 0.3 is 0 Å². The van der Waals surface area contributed by atoms with Crippen molar-refractivity contribution in [2.24, 2.45) is 0 Å². The van der Waals surface area contributed by atoms with E-state index in [4.69, 9.17) is 4.52 Å². The van der Waals surface area contributed by atoms with E-state index in [0.29, 0.717) is 0 Å². The summed E-state index contributed by atoms with van der Waals surface area (Å²) in [5, 5.41) is 11.9. The first kappa shape index (κ1) is 12.8. The maximum absolute atomic E-state index is 5.56. The fraction of sp³-hybridized carbons (Fsp3) is 0.571. The molecule has 0 radical (unpaired) electrons. The molecule has 19 heavy (non-hydrogen) atoms. The van der Waals surface area contributed by atoms with Crippen molar-refractivity contribution in [3.63, 3.8) is 0 Å². The molecule has 4 nitrogen and oxygen atoms in total. The van der Waals surface area contributed by atoms with Gasteiger partial charge in [-0.05, 0) is 43.7 Å². The van der Waals surface area contributed by atoms with Crippen LogP contribution in [0.2, 0.25) is 0 Å². The number of aromatic nitrogens is 2. The van der Waals surface area contributed by atoms with E-state index < -0.39 is 0 Å². The molecule has 0 spiro atoms. The van der Waals surface area contributed by atoms with Crippen LogP contribution in [0.25, 0.3) is 11.4 Å². The van der Waals surface area contributed by atoms with Gasteiger partial charge in [0.2, 0.25) is 11.7 Å². The van der Waals surface area contributed by atoms with Gasteiger partial charge in [-0.1, -0.05) is 18.5 Å². The molecule has 0 aliphatic carbocycles. The van der Waals surface area contributed by atoms with E-state index in [1.807, 2.05) is 0 Å². The van der Waals surface area contributed by atoms with E-state index >= 15 is 0 Å². The van der Waals surface area contributed by atoms with Crippen molar-refractivity contribution in [2.45, 2.75) is 45.1 Å². The van der Waals surface area contributed by atoms with E-state index in [-0.39, 0.29) is 5.54 Å². The Hall–Kier alpha value is -1.20. The van der Waals surface area contributed by atoms with Gasteiger partial charge in [0.25, 0.3) is 0 Å². The summed E-state index contributed by atoms with van der Waals surface area (Å²) < 4.78 is 5.56. The molecule has 3 rings (SSSR count). The molecule has 2 aromatic heterocycles. The monoisotopic (exact) mass is 277 g/mol. The molecular weight excluding hydrogens is 258 g/mol. The summed E-state index contributed by atoms with van der Waals surface area (Å²) in [6.07, 6.45) is 4.43. The van der Waals surface area contributed by atoms with Gasteiger partial charge in [-0.25, -0.2) is 0 Å². The molecule has 0 amide bonds. The summed E-state index contributed by atoms with van der Waals surface area (Å²) in [4.78, 5) is 4.65. The molecular formula is C14H19N3OS. The van der Waals surface area contributed by atoms with Crippen molar-refractivity contribution in [1.82, 2.24) is 15.5 Å². The molecule has 0 bridgehead atoms. The van der Waals surface area contributed by atoms with Gasteiger partial charge in [0.15, 0.2) is 0 Å². The maximum Gasteiger partial charge on any atom is 0.247 e. The first-order valence-electron chi connectivity index (χ1n) is 6.87. The zero-order valence-electron chi connectivity index (χ0n) is 11.4. The second kappa shape index (κ2) is 5.06. The van der Waals surface area contributed by atoms with Crippen LogP contribution in [0.15, 0.2) is 15.3 Å². The summed E-state index contributed by atoms with van der Waals surface area (Å²) >= 11 is 1.67. The smallest absolute Gasteiger partial charge is 0.247 e. The first-order valence-corrected chi connectivity index (χ1v) is 7.82. The molecule has 1 saturated heterocycles. The lowest BCUT2D eigenvalue weighted by molar-refractivity contribution is 0.241. The minimum absolute atomic E-state index is 0.0933. The second-order valence-corrected chi connectivity index (χ2v) is 6.00. The van der Waals surface area contributed by atoms with Gasteiger partial charge in [0, 0.05) is 10.9 Å². The highest BCUT2D eigenvalue weighted by Gasteiger charge is 2.39. The van der Waals surface area contributed by atoms with E-state index in [2.05, 4.69) is 40.1 Å². The van der Waals surface area contributed by atoms with Crippen LogP contribution >= 0.6 is 11.3 Å². The molecule has 1 aliphatic heterocycles. The summed E-state index contributed by atoms with van der Waals surface area (Å²) in [7, 11) is 0. The summed E-state index contributed by atoms with van der Waals surface area (Å²) in [6.45, 7) is 5.31. The molecule has 102 valence electrons. The average molecular weight is 277 g/mol. The molecule has 1 fully saturated rings. The Morgan fingerprint density at radius 3 is 3.00 bits per heavy atom. The number of aryl methyl sites for hydroxylation is 1. The van der Waals surface area contributed by atoms with Crippen LogP contribution in [0.3, 0.4) is 0 Å². The SMILES string of the molecule is CCCC1(c2nc(-c3cscc3C)no2)CCCN1. The van der Waals surface area contributed by atoms with Gasteiger partial charge < -0.3 is 9.84 Å². The van der Waals surface area contributed by atoms with Gasteiger partial charge in [0.1, 0.15) is 0 Å². The van der Waals surface area contributed by atoms with Crippen LogP contribution in [0.5, 0.6) is 0 Å². The van der Waals surface area contributed by atoms with Crippen molar-refractivity contribution in [3.05, 3.63) is 22.2 Å². The lowest BCUT2D eigenvalue weighted by Crippen LogP contribution is -2.36. The Bertz CT molecular complexity index is 555. The highest BCUT2D eigenvalue weighted by molar-refractivity contribution is 7.08. The number of thiophene rings is 1. The van der Waals surface area contributed by atoms with Gasteiger partial charge in [-0.2, -0.15) is 16.3 Å². The van der Waals surface area contributed by atoms with Crippen molar-refractivity contribution in [1.29, 1.82) is 0 Å².